The third-order valence-corrected chi connectivity index (χ3v) is 5.07. The first-order chi connectivity index (χ1) is 13.6. The van der Waals surface area contributed by atoms with Gasteiger partial charge in [0, 0.05) is 16.8 Å². The van der Waals surface area contributed by atoms with Crippen LogP contribution in [0.1, 0.15) is 38.3 Å². The molecule has 1 aromatic carbocycles. The molecule has 3 aromatic heterocycles. The molecule has 4 heterocycles. The number of furan rings is 1. The Morgan fingerprint density at radius 1 is 1.21 bits per heavy atom. The predicted molar refractivity (Wildman–Crippen MR) is 105 cm³/mol. The summed E-state index contributed by atoms with van der Waals surface area (Å²) in [6.07, 6.45) is 4.99. The Morgan fingerprint density at radius 3 is 2.93 bits per heavy atom. The summed E-state index contributed by atoms with van der Waals surface area (Å²) in [5.74, 6) is -0.174. The smallest absolute Gasteiger partial charge is 0.257 e. The topological polar surface area (TPSA) is 84.8 Å². The number of hydrogen-bond acceptors (Lipinski definition) is 5. The lowest BCUT2D eigenvalue weighted by molar-refractivity contribution is 0.102. The number of fused-ring (bicyclic) bond motifs is 2. The molecule has 138 valence electrons. The minimum absolute atomic E-state index is 0.174. The van der Waals surface area contributed by atoms with Crippen molar-refractivity contribution in [2.75, 3.05) is 5.32 Å². The van der Waals surface area contributed by atoms with Crippen LogP contribution in [0.15, 0.2) is 58.5 Å². The van der Waals surface area contributed by atoms with Crippen molar-refractivity contribution in [3.63, 3.8) is 0 Å². The van der Waals surface area contributed by atoms with Crippen molar-refractivity contribution in [3.8, 4) is 0 Å². The molecule has 0 radical (unpaired) electrons. The summed E-state index contributed by atoms with van der Waals surface area (Å²) in [5.41, 5.74) is 7.79. The number of aromatic nitrogens is 3. The lowest BCUT2D eigenvalue weighted by Gasteiger charge is -2.13. The molecule has 0 fully saturated rings. The van der Waals surface area contributed by atoms with Crippen LogP contribution in [0.5, 0.6) is 0 Å². The fourth-order valence-corrected chi connectivity index (χ4v) is 3.73. The number of pyridine rings is 1. The van der Waals surface area contributed by atoms with Crippen molar-refractivity contribution in [3.05, 3.63) is 82.6 Å². The zero-order valence-electron chi connectivity index (χ0n) is 15.4. The van der Waals surface area contributed by atoms with E-state index in [1.54, 1.807) is 23.2 Å². The Hall–Kier alpha value is -3.74. The van der Waals surface area contributed by atoms with Crippen molar-refractivity contribution < 1.29 is 9.21 Å². The van der Waals surface area contributed by atoms with Gasteiger partial charge in [0.25, 0.3) is 5.91 Å². The van der Waals surface area contributed by atoms with Crippen LogP contribution in [0.25, 0.3) is 5.52 Å². The molecular formula is C21H17N5O2. The number of hydrogen-bond donors (Lipinski definition) is 1. The average Bonchev–Trinajstić information content (AvgIpc) is 3.41. The molecular weight excluding hydrogens is 354 g/mol. The zero-order chi connectivity index (χ0) is 19.3. The second-order valence-electron chi connectivity index (χ2n) is 6.86. The highest BCUT2D eigenvalue weighted by Gasteiger charge is 2.21. The van der Waals surface area contributed by atoms with Gasteiger partial charge in [-0.25, -0.2) is 4.52 Å². The van der Waals surface area contributed by atoms with E-state index in [1.807, 2.05) is 44.2 Å². The molecule has 0 saturated heterocycles. The molecule has 0 saturated carbocycles. The Kier molecular flexibility index (Phi) is 3.61. The van der Waals surface area contributed by atoms with Gasteiger partial charge in [-0.1, -0.05) is 11.3 Å². The second-order valence-corrected chi connectivity index (χ2v) is 6.86. The summed E-state index contributed by atoms with van der Waals surface area (Å²) in [4.78, 5) is 17.6. The van der Waals surface area contributed by atoms with Gasteiger partial charge in [-0.15, -0.1) is 5.10 Å². The van der Waals surface area contributed by atoms with E-state index in [9.17, 15) is 4.79 Å². The van der Waals surface area contributed by atoms with Crippen LogP contribution in [0.3, 0.4) is 0 Å². The first-order valence-electron chi connectivity index (χ1n) is 8.94. The average molecular weight is 371 g/mol. The molecule has 0 unspecified atom stereocenters. The summed E-state index contributed by atoms with van der Waals surface area (Å²) < 4.78 is 6.86. The van der Waals surface area contributed by atoms with Crippen molar-refractivity contribution in [2.24, 2.45) is 4.99 Å². The van der Waals surface area contributed by atoms with Crippen molar-refractivity contribution >= 4 is 22.8 Å². The third-order valence-electron chi connectivity index (χ3n) is 5.07. The van der Waals surface area contributed by atoms with E-state index in [2.05, 4.69) is 20.6 Å². The van der Waals surface area contributed by atoms with Gasteiger partial charge in [0.05, 0.1) is 47.8 Å². The second kappa shape index (κ2) is 6.16. The van der Waals surface area contributed by atoms with Crippen LogP contribution in [-0.4, -0.2) is 26.4 Å². The van der Waals surface area contributed by atoms with Gasteiger partial charge in [0.1, 0.15) is 0 Å². The number of nitrogens with one attached hydrogen (secondary N) is 1. The summed E-state index contributed by atoms with van der Waals surface area (Å²) in [6.45, 7) is 4.42. The first kappa shape index (κ1) is 16.4. The highest BCUT2D eigenvalue weighted by Crippen LogP contribution is 2.27. The van der Waals surface area contributed by atoms with Gasteiger partial charge in [0.15, 0.2) is 0 Å². The largest absolute Gasteiger partial charge is 0.472 e. The Morgan fingerprint density at radius 2 is 2.11 bits per heavy atom. The number of anilines is 1. The maximum atomic E-state index is 13.0. The highest BCUT2D eigenvalue weighted by atomic mass is 16.3. The standard InChI is InChI=1S/C21H17N5O2/c1-12-7-17-10-23-25-26(17)13(2)19(12)21(27)24-16-4-3-14-9-22-20(18(14)8-16)15-5-6-28-11-15/h3-8,10-11H,9H2,1-2H3,(H,24,27). The SMILES string of the molecule is Cc1cc2cnnn2c(C)c1C(=O)Nc1ccc2c(c1)C(c1ccoc1)=NC2. The molecule has 0 spiro atoms. The maximum absolute atomic E-state index is 13.0. The van der Waals surface area contributed by atoms with Crippen LogP contribution in [0.4, 0.5) is 5.69 Å². The van der Waals surface area contributed by atoms with Crippen molar-refractivity contribution in [1.29, 1.82) is 0 Å². The van der Waals surface area contributed by atoms with E-state index in [0.717, 1.165) is 44.9 Å². The molecule has 0 bridgehead atoms. The predicted octanol–water partition coefficient (Wildman–Crippen LogP) is 3.54. The molecule has 1 N–H and O–H groups in total. The summed E-state index contributed by atoms with van der Waals surface area (Å²) in [6, 6.07) is 9.67. The Bertz CT molecular complexity index is 1250. The Labute approximate surface area is 160 Å². The van der Waals surface area contributed by atoms with E-state index in [1.165, 1.54) is 0 Å². The van der Waals surface area contributed by atoms with E-state index in [4.69, 9.17) is 4.42 Å². The van der Waals surface area contributed by atoms with Crippen LogP contribution < -0.4 is 5.32 Å². The van der Waals surface area contributed by atoms with E-state index >= 15 is 0 Å². The number of aliphatic imine (C=N–C) groups is 1. The molecule has 0 aliphatic carbocycles. The number of amides is 1. The van der Waals surface area contributed by atoms with Gasteiger partial charge in [-0.05, 0) is 49.2 Å². The summed E-state index contributed by atoms with van der Waals surface area (Å²) >= 11 is 0. The van der Waals surface area contributed by atoms with Crippen molar-refractivity contribution in [2.45, 2.75) is 20.4 Å². The summed E-state index contributed by atoms with van der Waals surface area (Å²) in [7, 11) is 0. The maximum Gasteiger partial charge on any atom is 0.257 e. The number of aryl methyl sites for hydroxylation is 2. The normalized spacial score (nSPS) is 12.9. The number of carbonyl (C=O) groups excluding carboxylic acids is 1. The minimum Gasteiger partial charge on any atom is -0.472 e. The third kappa shape index (κ3) is 2.51. The number of carbonyl (C=O) groups is 1. The first-order valence-corrected chi connectivity index (χ1v) is 8.94. The quantitative estimate of drug-likeness (QED) is 0.597. The fraction of sp³-hybridized carbons (Fsp3) is 0.143. The molecule has 1 aliphatic rings. The molecule has 28 heavy (non-hydrogen) atoms. The zero-order valence-corrected chi connectivity index (χ0v) is 15.4. The Balaban J connectivity index is 1.49. The van der Waals surface area contributed by atoms with Crippen LogP contribution in [0.2, 0.25) is 0 Å². The van der Waals surface area contributed by atoms with Gasteiger partial charge in [-0.2, -0.15) is 0 Å². The van der Waals surface area contributed by atoms with Gasteiger partial charge in [0.2, 0.25) is 0 Å². The van der Waals surface area contributed by atoms with E-state index in [-0.39, 0.29) is 5.91 Å². The lowest BCUT2D eigenvalue weighted by Crippen LogP contribution is -2.17. The number of benzene rings is 1. The molecule has 1 amide bonds. The molecule has 5 rings (SSSR count). The molecule has 7 heteroatoms. The van der Waals surface area contributed by atoms with Gasteiger partial charge >= 0.3 is 0 Å². The van der Waals surface area contributed by atoms with Crippen LogP contribution in [-0.2, 0) is 6.54 Å². The monoisotopic (exact) mass is 371 g/mol. The molecule has 0 atom stereocenters. The molecule has 1 aliphatic heterocycles. The summed E-state index contributed by atoms with van der Waals surface area (Å²) in [5, 5.41) is 11.0. The fourth-order valence-electron chi connectivity index (χ4n) is 3.73. The van der Waals surface area contributed by atoms with Crippen LogP contribution in [0, 0.1) is 13.8 Å². The highest BCUT2D eigenvalue weighted by molar-refractivity contribution is 6.16. The van der Waals surface area contributed by atoms with E-state index < -0.39 is 0 Å². The van der Waals surface area contributed by atoms with Crippen molar-refractivity contribution in [1.82, 2.24) is 14.8 Å². The molecule has 7 nitrogen and oxygen atoms in total. The van der Waals surface area contributed by atoms with Crippen LogP contribution >= 0.6 is 0 Å². The lowest BCUT2D eigenvalue weighted by atomic mass is 10.0. The van der Waals surface area contributed by atoms with Gasteiger partial charge in [-0.3, -0.25) is 9.79 Å². The number of rotatable bonds is 3. The number of nitrogens with zero attached hydrogens (tertiary/aromatic N) is 4. The minimum atomic E-state index is -0.174. The molecule has 4 aromatic rings. The van der Waals surface area contributed by atoms with Gasteiger partial charge < -0.3 is 9.73 Å². The van der Waals surface area contributed by atoms with E-state index in [0.29, 0.717) is 12.1 Å².